The van der Waals surface area contributed by atoms with Crippen molar-refractivity contribution in [2.45, 2.75) is 20.8 Å². The van der Waals surface area contributed by atoms with E-state index in [2.05, 4.69) is 15.5 Å². The quantitative estimate of drug-likeness (QED) is 0.445. The molecule has 0 saturated heterocycles. The fourth-order valence-electron chi connectivity index (χ4n) is 2.13. The van der Waals surface area contributed by atoms with Crippen LogP contribution < -0.4 is 5.43 Å². The second kappa shape index (κ2) is 7.45. The number of H-pyrrole nitrogens is 1. The minimum Gasteiger partial charge on any atom is -0.507 e. The van der Waals surface area contributed by atoms with E-state index in [1.807, 2.05) is 6.92 Å². The second-order valence-electron chi connectivity index (χ2n) is 5.10. The van der Waals surface area contributed by atoms with Crippen LogP contribution in [0, 0.1) is 13.8 Å². The normalized spacial score (nSPS) is 10.8. The lowest BCUT2D eigenvalue weighted by Crippen LogP contribution is -2.17. The fraction of sp³-hybridized carbons (Fsp3) is 0.235. The summed E-state index contributed by atoms with van der Waals surface area (Å²) in [5.41, 5.74) is 5.01. The Labute approximate surface area is 139 Å². The van der Waals surface area contributed by atoms with Crippen LogP contribution in [-0.4, -0.2) is 34.8 Å². The number of esters is 1. The van der Waals surface area contributed by atoms with Crippen LogP contribution >= 0.6 is 0 Å². The van der Waals surface area contributed by atoms with Gasteiger partial charge in [0.05, 0.1) is 24.1 Å². The minimum absolute atomic E-state index is 0.123. The molecule has 0 aliphatic heterocycles. The predicted octanol–water partition coefficient (Wildman–Crippen LogP) is 2.28. The van der Waals surface area contributed by atoms with Crippen molar-refractivity contribution in [3.8, 4) is 5.75 Å². The number of carbonyl (C=O) groups excluding carboxylic acids is 2. The van der Waals surface area contributed by atoms with E-state index in [0.717, 1.165) is 11.1 Å². The number of hydrogen-bond donors (Lipinski definition) is 3. The van der Waals surface area contributed by atoms with E-state index in [-0.39, 0.29) is 17.9 Å². The summed E-state index contributed by atoms with van der Waals surface area (Å²) >= 11 is 0. The first-order valence-corrected chi connectivity index (χ1v) is 7.43. The van der Waals surface area contributed by atoms with Gasteiger partial charge >= 0.3 is 5.97 Å². The summed E-state index contributed by atoms with van der Waals surface area (Å²) in [6, 6.07) is 6.17. The third-order valence-corrected chi connectivity index (χ3v) is 3.59. The van der Waals surface area contributed by atoms with Crippen LogP contribution in [0.4, 0.5) is 0 Å². The zero-order valence-corrected chi connectivity index (χ0v) is 13.7. The highest BCUT2D eigenvalue weighted by molar-refractivity contribution is 5.97. The fourth-order valence-corrected chi connectivity index (χ4v) is 2.13. The zero-order valence-electron chi connectivity index (χ0n) is 13.7. The van der Waals surface area contributed by atoms with Crippen molar-refractivity contribution < 1.29 is 19.4 Å². The number of hydrazone groups is 1. The summed E-state index contributed by atoms with van der Waals surface area (Å²) in [6.45, 7) is 5.66. The number of amides is 1. The van der Waals surface area contributed by atoms with Crippen molar-refractivity contribution in [2.75, 3.05) is 6.61 Å². The molecule has 0 atom stereocenters. The molecule has 1 aromatic heterocycles. The third-order valence-electron chi connectivity index (χ3n) is 3.59. The monoisotopic (exact) mass is 329 g/mol. The van der Waals surface area contributed by atoms with Crippen molar-refractivity contribution in [2.24, 2.45) is 5.10 Å². The van der Waals surface area contributed by atoms with Crippen LogP contribution in [0.3, 0.4) is 0 Å². The molecule has 1 aromatic carbocycles. The first-order chi connectivity index (χ1) is 11.5. The molecule has 0 saturated carbocycles. The molecular formula is C17H19N3O4. The lowest BCUT2D eigenvalue weighted by atomic mass is 10.1. The molecule has 0 aliphatic rings. The first-order valence-electron chi connectivity index (χ1n) is 7.43. The molecule has 0 bridgehead atoms. The summed E-state index contributed by atoms with van der Waals surface area (Å²) < 4.78 is 4.98. The number of nitrogens with zero attached hydrogens (tertiary/aromatic N) is 1. The summed E-state index contributed by atoms with van der Waals surface area (Å²) in [4.78, 5) is 26.7. The lowest BCUT2D eigenvalue weighted by molar-refractivity contribution is 0.0519. The molecule has 0 radical (unpaired) electrons. The minimum atomic E-state index is -0.532. The molecule has 1 amide bonds. The van der Waals surface area contributed by atoms with Gasteiger partial charge in [0.1, 0.15) is 11.4 Å². The van der Waals surface area contributed by atoms with E-state index in [1.165, 1.54) is 18.3 Å². The van der Waals surface area contributed by atoms with Gasteiger partial charge in [-0.15, -0.1) is 0 Å². The van der Waals surface area contributed by atoms with Crippen LogP contribution in [0.2, 0.25) is 0 Å². The van der Waals surface area contributed by atoms with Crippen molar-refractivity contribution in [3.05, 3.63) is 52.3 Å². The Morgan fingerprint density at radius 1 is 1.29 bits per heavy atom. The molecule has 1 heterocycles. The summed E-state index contributed by atoms with van der Waals surface area (Å²) in [5.74, 6) is -1.09. The van der Waals surface area contributed by atoms with Gasteiger partial charge in [-0.2, -0.15) is 5.10 Å². The number of carbonyl (C=O) groups is 2. The van der Waals surface area contributed by atoms with Crippen LogP contribution in [0.5, 0.6) is 5.75 Å². The summed E-state index contributed by atoms with van der Waals surface area (Å²) in [6.07, 6.45) is 1.41. The zero-order chi connectivity index (χ0) is 17.7. The van der Waals surface area contributed by atoms with Gasteiger partial charge in [0.15, 0.2) is 0 Å². The maximum Gasteiger partial charge on any atom is 0.355 e. The Bertz CT molecular complexity index is 793. The largest absolute Gasteiger partial charge is 0.507 e. The number of phenolic OH excluding ortho intramolecular Hbond substituents is 1. The van der Waals surface area contributed by atoms with E-state index >= 15 is 0 Å². The number of para-hydroxylation sites is 1. The molecular weight excluding hydrogens is 310 g/mol. The number of aromatic nitrogens is 1. The van der Waals surface area contributed by atoms with Gasteiger partial charge in [-0.25, -0.2) is 10.2 Å². The molecule has 0 fully saturated rings. The van der Waals surface area contributed by atoms with Gasteiger partial charge in [0.25, 0.3) is 5.91 Å². The smallest absolute Gasteiger partial charge is 0.355 e. The number of hydrogen-bond acceptors (Lipinski definition) is 5. The van der Waals surface area contributed by atoms with Gasteiger partial charge in [0.2, 0.25) is 0 Å². The standard InChI is InChI=1S/C17H19N3O4/c1-4-24-17(23)15-11(3)10(2)13(19-15)9-18-20-16(22)12-7-5-6-8-14(12)21/h5-9,19,21H,4H2,1-3H3,(H,20,22)/b18-9+. The van der Waals surface area contributed by atoms with E-state index in [1.54, 1.807) is 26.0 Å². The van der Waals surface area contributed by atoms with E-state index in [0.29, 0.717) is 11.4 Å². The molecule has 2 rings (SSSR count). The Kier molecular flexibility index (Phi) is 5.36. The molecule has 7 heteroatoms. The van der Waals surface area contributed by atoms with Crippen molar-refractivity contribution in [1.82, 2.24) is 10.4 Å². The van der Waals surface area contributed by atoms with Crippen LogP contribution in [-0.2, 0) is 4.74 Å². The van der Waals surface area contributed by atoms with Gasteiger partial charge < -0.3 is 14.8 Å². The number of phenols is 1. The average molecular weight is 329 g/mol. The number of nitrogens with one attached hydrogen (secondary N) is 2. The Hall–Kier alpha value is -3.09. The maximum absolute atomic E-state index is 11.9. The maximum atomic E-state index is 11.9. The number of ether oxygens (including phenoxy) is 1. The molecule has 126 valence electrons. The highest BCUT2D eigenvalue weighted by atomic mass is 16.5. The predicted molar refractivity (Wildman–Crippen MR) is 89.4 cm³/mol. The average Bonchev–Trinajstić information content (AvgIpc) is 2.84. The third kappa shape index (κ3) is 3.62. The number of rotatable bonds is 5. The van der Waals surface area contributed by atoms with Crippen molar-refractivity contribution in [3.63, 3.8) is 0 Å². The van der Waals surface area contributed by atoms with Gasteiger partial charge in [0, 0.05) is 0 Å². The topological polar surface area (TPSA) is 104 Å². The molecule has 24 heavy (non-hydrogen) atoms. The molecule has 3 N–H and O–H groups in total. The Morgan fingerprint density at radius 3 is 2.67 bits per heavy atom. The number of aromatic hydroxyl groups is 1. The lowest BCUT2D eigenvalue weighted by Gasteiger charge is -2.01. The van der Waals surface area contributed by atoms with Crippen molar-refractivity contribution >= 4 is 18.1 Å². The Balaban J connectivity index is 2.12. The SMILES string of the molecule is CCOC(=O)c1[nH]c(/C=N/NC(=O)c2ccccc2O)c(C)c1C. The highest BCUT2D eigenvalue weighted by Gasteiger charge is 2.17. The molecule has 7 nitrogen and oxygen atoms in total. The van der Waals surface area contributed by atoms with E-state index in [4.69, 9.17) is 4.74 Å². The first kappa shape index (κ1) is 17.3. The van der Waals surface area contributed by atoms with Gasteiger partial charge in [-0.05, 0) is 44.0 Å². The number of benzene rings is 1. The Morgan fingerprint density at radius 2 is 2.00 bits per heavy atom. The number of aromatic amines is 1. The van der Waals surface area contributed by atoms with Crippen LogP contribution in [0.15, 0.2) is 29.4 Å². The van der Waals surface area contributed by atoms with Gasteiger partial charge in [-0.3, -0.25) is 4.79 Å². The van der Waals surface area contributed by atoms with Crippen LogP contribution in [0.1, 0.15) is 44.6 Å². The van der Waals surface area contributed by atoms with Gasteiger partial charge in [-0.1, -0.05) is 12.1 Å². The van der Waals surface area contributed by atoms with E-state index < -0.39 is 11.9 Å². The van der Waals surface area contributed by atoms with E-state index in [9.17, 15) is 14.7 Å². The van der Waals surface area contributed by atoms with Crippen molar-refractivity contribution in [1.29, 1.82) is 0 Å². The molecule has 0 spiro atoms. The summed E-state index contributed by atoms with van der Waals surface area (Å²) in [5, 5.41) is 13.5. The highest BCUT2D eigenvalue weighted by Crippen LogP contribution is 2.17. The molecule has 0 unspecified atom stereocenters. The van der Waals surface area contributed by atoms with Crippen LogP contribution in [0.25, 0.3) is 0 Å². The second-order valence-corrected chi connectivity index (χ2v) is 5.10. The molecule has 0 aliphatic carbocycles. The summed E-state index contributed by atoms with van der Waals surface area (Å²) in [7, 11) is 0. The molecule has 2 aromatic rings.